The lowest BCUT2D eigenvalue weighted by atomic mass is 9.99. The van der Waals surface area contributed by atoms with E-state index in [0.29, 0.717) is 12.8 Å². The van der Waals surface area contributed by atoms with Crippen molar-refractivity contribution in [1.29, 1.82) is 0 Å². The number of amides is 1. The van der Waals surface area contributed by atoms with Gasteiger partial charge in [-0.3, -0.25) is 4.79 Å². The molecule has 1 aliphatic rings. The second-order valence-electron chi connectivity index (χ2n) is 20.4. The minimum atomic E-state index is -1.56. The molecule has 9 heteroatoms. The molecule has 0 saturated carbocycles. The molecule has 7 unspecified atom stereocenters. The van der Waals surface area contributed by atoms with Crippen molar-refractivity contribution in [2.75, 3.05) is 13.2 Å². The van der Waals surface area contributed by atoms with Gasteiger partial charge in [-0.1, -0.05) is 261 Å². The van der Waals surface area contributed by atoms with E-state index in [1.165, 1.54) is 154 Å². The number of aliphatic hydroxyl groups excluding tert-OH is 5. The summed E-state index contributed by atoms with van der Waals surface area (Å²) < 4.78 is 11.3. The molecule has 0 bridgehead atoms. The Balaban J connectivity index is 2.22. The highest BCUT2D eigenvalue weighted by molar-refractivity contribution is 5.76. The Bertz CT molecular complexity index is 1280. The van der Waals surface area contributed by atoms with Gasteiger partial charge in [0.2, 0.25) is 5.91 Å². The number of ether oxygens (including phenoxy) is 2. The summed E-state index contributed by atoms with van der Waals surface area (Å²) >= 11 is 0. The predicted molar refractivity (Wildman–Crippen MR) is 295 cm³/mol. The van der Waals surface area contributed by atoms with E-state index in [4.69, 9.17) is 9.47 Å². The molecule has 1 saturated heterocycles. The number of unbranched alkanes of at least 4 members (excludes halogenated alkanes) is 30. The Morgan fingerprint density at radius 3 is 1.31 bits per heavy atom. The Morgan fingerprint density at radius 2 is 0.886 bits per heavy atom. The third-order valence-electron chi connectivity index (χ3n) is 13.9. The lowest BCUT2D eigenvalue weighted by Crippen LogP contribution is -2.60. The van der Waals surface area contributed by atoms with Crippen LogP contribution >= 0.6 is 0 Å². The molecule has 1 rings (SSSR count). The van der Waals surface area contributed by atoms with E-state index in [2.05, 4.69) is 79.9 Å². The highest BCUT2D eigenvalue weighted by atomic mass is 16.7. The lowest BCUT2D eigenvalue weighted by molar-refractivity contribution is -0.302. The van der Waals surface area contributed by atoms with Crippen LogP contribution in [0.1, 0.15) is 264 Å². The molecule has 1 amide bonds. The maximum absolute atomic E-state index is 13.1. The van der Waals surface area contributed by atoms with Gasteiger partial charge in [0.05, 0.1) is 25.4 Å². The van der Waals surface area contributed by atoms with E-state index in [1.807, 2.05) is 0 Å². The van der Waals surface area contributed by atoms with Crippen molar-refractivity contribution in [2.45, 2.75) is 307 Å². The average Bonchev–Trinajstić information content (AvgIpc) is 3.36. The van der Waals surface area contributed by atoms with Gasteiger partial charge in [0, 0.05) is 6.42 Å². The average molecular weight is 987 g/mol. The second-order valence-corrected chi connectivity index (χ2v) is 20.4. The fourth-order valence-electron chi connectivity index (χ4n) is 9.25. The summed E-state index contributed by atoms with van der Waals surface area (Å²) in [5.41, 5.74) is 0. The number of rotatable bonds is 50. The van der Waals surface area contributed by atoms with Crippen LogP contribution in [0.4, 0.5) is 0 Å². The van der Waals surface area contributed by atoms with Gasteiger partial charge in [-0.05, 0) is 57.8 Å². The number of hydrogen-bond acceptors (Lipinski definition) is 8. The molecule has 0 aromatic heterocycles. The van der Waals surface area contributed by atoms with Crippen LogP contribution in [0.15, 0.2) is 60.8 Å². The summed E-state index contributed by atoms with van der Waals surface area (Å²) in [5.74, 6) is -0.155. The van der Waals surface area contributed by atoms with Gasteiger partial charge in [-0.25, -0.2) is 0 Å². The van der Waals surface area contributed by atoms with Crippen LogP contribution in [0.5, 0.6) is 0 Å². The summed E-state index contributed by atoms with van der Waals surface area (Å²) in [6, 6.07) is -0.729. The quantitative estimate of drug-likeness (QED) is 0.0261. The Hall–Kier alpha value is -2.11. The van der Waals surface area contributed by atoms with Crippen LogP contribution in [0.2, 0.25) is 0 Å². The third-order valence-corrected chi connectivity index (χ3v) is 13.9. The molecule has 0 spiro atoms. The minimum Gasteiger partial charge on any atom is -0.394 e. The molecule has 408 valence electrons. The van der Waals surface area contributed by atoms with Crippen molar-refractivity contribution in [1.82, 2.24) is 5.32 Å². The molecular weight excluding hydrogens is 875 g/mol. The van der Waals surface area contributed by atoms with Crippen LogP contribution in [-0.4, -0.2) is 87.5 Å². The molecule has 1 aliphatic heterocycles. The lowest BCUT2D eigenvalue weighted by Gasteiger charge is -2.40. The van der Waals surface area contributed by atoms with Gasteiger partial charge in [0.25, 0.3) is 0 Å². The number of carbonyl (C=O) groups excluding carboxylic acids is 1. The molecule has 0 aromatic rings. The zero-order valence-electron chi connectivity index (χ0n) is 45.3. The summed E-state index contributed by atoms with van der Waals surface area (Å²) in [6.07, 6.45) is 61.0. The summed E-state index contributed by atoms with van der Waals surface area (Å²) in [4.78, 5) is 13.1. The smallest absolute Gasteiger partial charge is 0.220 e. The minimum absolute atomic E-state index is 0.144. The van der Waals surface area contributed by atoms with E-state index < -0.39 is 49.5 Å². The highest BCUT2D eigenvalue weighted by Crippen LogP contribution is 2.23. The first-order valence-electron chi connectivity index (χ1n) is 29.5. The number of hydrogen-bond donors (Lipinski definition) is 6. The van der Waals surface area contributed by atoms with Gasteiger partial charge in [-0.15, -0.1) is 0 Å². The van der Waals surface area contributed by atoms with E-state index in [-0.39, 0.29) is 12.5 Å². The standard InChI is InChI=1S/C61H111NO8/c1-3-5-7-9-11-13-15-17-19-21-23-25-27-29-30-32-34-36-38-40-42-44-46-48-50-55(64)54(53-69-61-60(68)59(67)58(66)56(52-63)70-61)62-57(65)51-49-47-45-43-41-39-37-35-33-31-28-26-24-22-20-18-16-14-12-10-8-6-4-2/h6,8,12,14,18,20,24,26,31,33,54-56,58-61,63-64,66-68H,3-5,7,9-11,13,15-17,19,21-23,25,27-30,32,34-53H2,1-2H3,(H,62,65)/b8-6-,14-12-,20-18-,26-24-,33-31-. The molecule has 0 radical (unpaired) electrons. The zero-order chi connectivity index (χ0) is 50.8. The van der Waals surface area contributed by atoms with Gasteiger partial charge in [0.15, 0.2) is 6.29 Å². The molecule has 0 aromatic carbocycles. The van der Waals surface area contributed by atoms with Crippen molar-refractivity contribution in [3.63, 3.8) is 0 Å². The largest absolute Gasteiger partial charge is 0.394 e. The van der Waals surface area contributed by atoms with Crippen LogP contribution in [0.3, 0.4) is 0 Å². The summed E-state index contributed by atoms with van der Waals surface area (Å²) in [5, 5.41) is 54.7. The summed E-state index contributed by atoms with van der Waals surface area (Å²) in [7, 11) is 0. The van der Waals surface area contributed by atoms with Crippen LogP contribution in [0.25, 0.3) is 0 Å². The van der Waals surface area contributed by atoms with Gasteiger partial charge < -0.3 is 40.3 Å². The zero-order valence-corrected chi connectivity index (χ0v) is 45.3. The first-order valence-corrected chi connectivity index (χ1v) is 29.5. The second kappa shape index (κ2) is 50.4. The Morgan fingerprint density at radius 1 is 0.500 bits per heavy atom. The van der Waals surface area contributed by atoms with Crippen molar-refractivity contribution >= 4 is 5.91 Å². The molecule has 7 atom stereocenters. The van der Waals surface area contributed by atoms with E-state index in [0.717, 1.165) is 83.5 Å². The fourth-order valence-corrected chi connectivity index (χ4v) is 9.25. The van der Waals surface area contributed by atoms with Crippen molar-refractivity contribution in [3.05, 3.63) is 60.8 Å². The Kier molecular flexibility index (Phi) is 47.5. The van der Waals surface area contributed by atoms with Crippen molar-refractivity contribution < 1.29 is 39.8 Å². The van der Waals surface area contributed by atoms with E-state index in [9.17, 15) is 30.3 Å². The predicted octanol–water partition coefficient (Wildman–Crippen LogP) is 14.7. The molecule has 1 fully saturated rings. The molecule has 0 aliphatic carbocycles. The van der Waals surface area contributed by atoms with Crippen molar-refractivity contribution in [2.24, 2.45) is 0 Å². The normalized spacial score (nSPS) is 19.8. The number of nitrogens with one attached hydrogen (secondary N) is 1. The topological polar surface area (TPSA) is 149 Å². The number of aliphatic hydroxyl groups is 5. The monoisotopic (exact) mass is 986 g/mol. The Labute approximate surface area is 430 Å². The molecule has 6 N–H and O–H groups in total. The fraction of sp³-hybridized carbons (Fsp3) is 0.820. The summed E-state index contributed by atoms with van der Waals surface area (Å²) in [6.45, 7) is 3.74. The van der Waals surface area contributed by atoms with Crippen LogP contribution < -0.4 is 5.32 Å². The first-order chi connectivity index (χ1) is 34.3. The first kappa shape index (κ1) is 65.9. The van der Waals surface area contributed by atoms with Gasteiger partial charge in [0.1, 0.15) is 24.4 Å². The van der Waals surface area contributed by atoms with Gasteiger partial charge in [-0.2, -0.15) is 0 Å². The number of carbonyl (C=O) groups is 1. The molecule has 9 nitrogen and oxygen atoms in total. The van der Waals surface area contributed by atoms with Crippen LogP contribution in [0, 0.1) is 0 Å². The molecule has 1 heterocycles. The van der Waals surface area contributed by atoms with Crippen molar-refractivity contribution in [3.8, 4) is 0 Å². The molecule has 70 heavy (non-hydrogen) atoms. The van der Waals surface area contributed by atoms with Gasteiger partial charge >= 0.3 is 0 Å². The van der Waals surface area contributed by atoms with E-state index in [1.54, 1.807) is 0 Å². The molecular formula is C61H111NO8. The van der Waals surface area contributed by atoms with E-state index >= 15 is 0 Å². The van der Waals surface area contributed by atoms with Crippen LogP contribution in [-0.2, 0) is 14.3 Å². The SMILES string of the molecule is CC/C=C\C/C=C\C/C=C\C/C=C\C/C=C\CCCCCCCCCC(=O)NC(COC1OC(CO)C(O)C(O)C1O)C(O)CCCCCCCCCCCCCCCCCCCCCCCCCC. The maximum atomic E-state index is 13.1. The third kappa shape index (κ3) is 39.4. The maximum Gasteiger partial charge on any atom is 0.220 e. The highest BCUT2D eigenvalue weighted by Gasteiger charge is 2.44. The number of allylic oxidation sites excluding steroid dienone is 10.